The van der Waals surface area contributed by atoms with Crippen LogP contribution in [0.3, 0.4) is 0 Å². The van der Waals surface area contributed by atoms with Crippen molar-refractivity contribution in [1.82, 2.24) is 5.32 Å². The maximum Gasteiger partial charge on any atom is 0.311 e. The Morgan fingerprint density at radius 3 is 2.90 bits per heavy atom. The fourth-order valence-electron chi connectivity index (χ4n) is 6.97. The van der Waals surface area contributed by atoms with E-state index in [0.717, 1.165) is 25.1 Å². The monoisotopic (exact) mass is 411 g/mol. The molecule has 1 N–H and O–H groups in total. The van der Waals surface area contributed by atoms with Crippen LogP contribution in [0.15, 0.2) is 34.5 Å². The van der Waals surface area contributed by atoms with E-state index >= 15 is 0 Å². The number of esters is 1. The summed E-state index contributed by atoms with van der Waals surface area (Å²) in [6.45, 7) is 5.51. The predicted molar refractivity (Wildman–Crippen MR) is 117 cm³/mol. The third-order valence-corrected chi connectivity index (χ3v) is 8.63. The number of ether oxygens (including phenoxy) is 1. The van der Waals surface area contributed by atoms with Crippen molar-refractivity contribution in [1.29, 1.82) is 0 Å². The first kappa shape index (κ1) is 20.4. The predicted octanol–water partition coefficient (Wildman–Crippen LogP) is 5.28. The topological polar surface area (TPSA) is 51.5 Å². The molecule has 1 saturated heterocycles. The minimum Gasteiger partial charge on any atom is -0.469 e. The molecule has 2 heterocycles. The molecule has 164 valence electrons. The van der Waals surface area contributed by atoms with Crippen molar-refractivity contribution in [3.05, 3.63) is 35.8 Å². The first-order chi connectivity index (χ1) is 14.5. The molecule has 0 unspecified atom stereocenters. The fourth-order valence-corrected chi connectivity index (χ4v) is 6.97. The third-order valence-electron chi connectivity index (χ3n) is 8.63. The molecule has 0 spiro atoms. The van der Waals surface area contributed by atoms with Gasteiger partial charge in [-0.2, -0.15) is 0 Å². The minimum atomic E-state index is -0.0348. The van der Waals surface area contributed by atoms with Crippen LogP contribution in [0.5, 0.6) is 0 Å². The van der Waals surface area contributed by atoms with E-state index in [1.807, 2.05) is 6.07 Å². The van der Waals surface area contributed by atoms with Crippen LogP contribution in [0.2, 0.25) is 0 Å². The van der Waals surface area contributed by atoms with Crippen molar-refractivity contribution >= 4 is 5.97 Å². The van der Waals surface area contributed by atoms with Crippen molar-refractivity contribution in [2.45, 2.75) is 83.8 Å². The second-order valence-electron chi connectivity index (χ2n) is 10.7. The fraction of sp³-hybridized carbons (Fsp3) is 0.731. The van der Waals surface area contributed by atoms with Crippen molar-refractivity contribution in [2.24, 2.45) is 29.1 Å². The standard InChI is InChI=1S/C26H37NO3/c1-17-7-5-11-26(2)15-24-20(14-22(17)26)21(25(28)30-24)16-27-23-10-4-3-8-18(23)13-19-9-6-12-29-19/h6,9,12,14,17-18,20-21,23-24,27H,3-5,7-8,10-11,13,15-16H2,1-2H3/t17-,18+,20-,21+,23-,24-,26-/m1/s1. The maximum atomic E-state index is 12.8. The van der Waals surface area contributed by atoms with Gasteiger partial charge in [0.15, 0.2) is 0 Å². The molecule has 2 saturated carbocycles. The molecule has 5 rings (SSSR count). The Labute approximate surface area is 180 Å². The number of hydrogen-bond donors (Lipinski definition) is 1. The molecule has 30 heavy (non-hydrogen) atoms. The molecule has 0 aromatic carbocycles. The van der Waals surface area contributed by atoms with Crippen LogP contribution >= 0.6 is 0 Å². The van der Waals surface area contributed by atoms with Crippen LogP contribution in [0, 0.1) is 29.1 Å². The average Bonchev–Trinajstić information content (AvgIpc) is 3.33. The van der Waals surface area contributed by atoms with Crippen molar-refractivity contribution < 1.29 is 13.9 Å². The van der Waals surface area contributed by atoms with E-state index in [2.05, 4.69) is 31.3 Å². The Kier molecular flexibility index (Phi) is 5.55. The van der Waals surface area contributed by atoms with E-state index in [4.69, 9.17) is 9.15 Å². The van der Waals surface area contributed by atoms with Gasteiger partial charge < -0.3 is 14.5 Å². The van der Waals surface area contributed by atoms with Gasteiger partial charge in [0.2, 0.25) is 0 Å². The Balaban J connectivity index is 1.28. The highest BCUT2D eigenvalue weighted by Gasteiger charge is 2.51. The number of carbonyl (C=O) groups excluding carboxylic acids is 1. The summed E-state index contributed by atoms with van der Waals surface area (Å²) in [5.74, 6) is 2.54. The van der Waals surface area contributed by atoms with Crippen molar-refractivity contribution in [3.63, 3.8) is 0 Å². The zero-order valence-corrected chi connectivity index (χ0v) is 18.6. The lowest BCUT2D eigenvalue weighted by Gasteiger charge is -2.46. The molecular formula is C26H37NO3. The molecule has 7 atom stereocenters. The third kappa shape index (κ3) is 3.77. The minimum absolute atomic E-state index is 0.0163. The molecule has 0 radical (unpaired) electrons. The average molecular weight is 412 g/mol. The molecule has 1 aromatic heterocycles. The molecule has 0 bridgehead atoms. The summed E-state index contributed by atoms with van der Waals surface area (Å²) in [7, 11) is 0. The largest absolute Gasteiger partial charge is 0.469 e. The highest BCUT2D eigenvalue weighted by Crippen LogP contribution is 2.53. The van der Waals surface area contributed by atoms with Gasteiger partial charge in [0.05, 0.1) is 12.2 Å². The molecule has 1 aromatic rings. The zero-order chi connectivity index (χ0) is 20.7. The number of furan rings is 1. The normalized spacial score (nSPS) is 41.0. The quantitative estimate of drug-likeness (QED) is 0.529. The molecule has 3 fully saturated rings. The highest BCUT2D eigenvalue weighted by atomic mass is 16.6. The van der Waals surface area contributed by atoms with E-state index in [-0.39, 0.29) is 29.3 Å². The molecule has 3 aliphatic carbocycles. The zero-order valence-electron chi connectivity index (χ0n) is 18.6. The van der Waals surface area contributed by atoms with Crippen molar-refractivity contribution in [2.75, 3.05) is 6.54 Å². The number of allylic oxidation sites excluding steroid dienone is 1. The number of fused-ring (bicyclic) bond motifs is 2. The van der Waals surface area contributed by atoms with E-state index in [0.29, 0.717) is 17.9 Å². The van der Waals surface area contributed by atoms with Gasteiger partial charge in [0, 0.05) is 24.9 Å². The van der Waals surface area contributed by atoms with Gasteiger partial charge >= 0.3 is 5.97 Å². The lowest BCUT2D eigenvalue weighted by molar-refractivity contribution is -0.145. The van der Waals surface area contributed by atoms with Crippen LogP contribution in [-0.4, -0.2) is 24.7 Å². The lowest BCUT2D eigenvalue weighted by atomic mass is 9.59. The molecule has 4 aliphatic rings. The van der Waals surface area contributed by atoms with Gasteiger partial charge in [-0.05, 0) is 61.5 Å². The Morgan fingerprint density at radius 1 is 1.20 bits per heavy atom. The maximum absolute atomic E-state index is 12.8. The number of rotatable bonds is 5. The van der Waals surface area contributed by atoms with Gasteiger partial charge in [0.25, 0.3) is 0 Å². The summed E-state index contributed by atoms with van der Waals surface area (Å²) in [5, 5.41) is 3.81. The summed E-state index contributed by atoms with van der Waals surface area (Å²) in [6, 6.07) is 4.53. The Hall–Kier alpha value is -1.55. The van der Waals surface area contributed by atoms with E-state index in [1.165, 1.54) is 44.9 Å². The van der Waals surface area contributed by atoms with Crippen LogP contribution in [0.1, 0.15) is 71.0 Å². The highest BCUT2D eigenvalue weighted by molar-refractivity contribution is 5.76. The van der Waals surface area contributed by atoms with E-state index in [1.54, 1.807) is 11.8 Å². The summed E-state index contributed by atoms with van der Waals surface area (Å²) in [5.41, 5.74) is 1.84. The van der Waals surface area contributed by atoms with E-state index in [9.17, 15) is 4.79 Å². The Bertz CT molecular complexity index is 784. The molecule has 1 aliphatic heterocycles. The van der Waals surface area contributed by atoms with E-state index < -0.39 is 0 Å². The number of hydrogen-bond acceptors (Lipinski definition) is 4. The van der Waals surface area contributed by atoms with Gasteiger partial charge in [-0.25, -0.2) is 0 Å². The summed E-state index contributed by atoms with van der Waals surface area (Å²) < 4.78 is 11.6. The van der Waals surface area contributed by atoms with Gasteiger partial charge in [-0.15, -0.1) is 0 Å². The number of nitrogens with one attached hydrogen (secondary N) is 1. The van der Waals surface area contributed by atoms with Gasteiger partial charge in [-0.1, -0.05) is 44.8 Å². The second-order valence-corrected chi connectivity index (χ2v) is 10.7. The molecule has 4 nitrogen and oxygen atoms in total. The van der Waals surface area contributed by atoms with Crippen LogP contribution < -0.4 is 5.32 Å². The summed E-state index contributed by atoms with van der Waals surface area (Å²) >= 11 is 0. The van der Waals surface area contributed by atoms with Crippen LogP contribution in [0.25, 0.3) is 0 Å². The first-order valence-electron chi connectivity index (χ1n) is 12.2. The lowest BCUT2D eigenvalue weighted by Crippen LogP contribution is -2.44. The Morgan fingerprint density at radius 2 is 2.07 bits per heavy atom. The van der Waals surface area contributed by atoms with Gasteiger partial charge in [-0.3, -0.25) is 4.79 Å². The van der Waals surface area contributed by atoms with Crippen LogP contribution in [0.4, 0.5) is 0 Å². The molecule has 4 heteroatoms. The summed E-state index contributed by atoms with van der Waals surface area (Å²) in [4.78, 5) is 12.8. The molecule has 0 amide bonds. The smallest absolute Gasteiger partial charge is 0.311 e. The van der Waals surface area contributed by atoms with Crippen LogP contribution in [-0.2, 0) is 16.0 Å². The first-order valence-corrected chi connectivity index (χ1v) is 12.2. The SMILES string of the molecule is C[C@@H]1CCC[C@]2(C)C[C@H]3OC(=O)[C@@H](CN[C@@H]4CCCC[C@H]4Cc4ccco4)[C@H]3C=C12. The second kappa shape index (κ2) is 8.18. The number of carbonyl (C=O) groups is 1. The van der Waals surface area contributed by atoms with Gasteiger partial charge in [0.1, 0.15) is 11.9 Å². The molecular weight excluding hydrogens is 374 g/mol. The van der Waals surface area contributed by atoms with Crippen molar-refractivity contribution in [3.8, 4) is 0 Å². The summed E-state index contributed by atoms with van der Waals surface area (Å²) in [6.07, 6.45) is 15.1.